The van der Waals surface area contributed by atoms with Crippen molar-refractivity contribution in [2.24, 2.45) is 0 Å². The Kier molecular flexibility index (Phi) is 4.65. The fraction of sp³-hybridized carbons (Fsp3) is 0.333. The van der Waals surface area contributed by atoms with Crippen molar-refractivity contribution >= 4 is 15.8 Å². The lowest BCUT2D eigenvalue weighted by Gasteiger charge is -2.14. The van der Waals surface area contributed by atoms with Gasteiger partial charge in [-0.05, 0) is 6.07 Å². The largest absolute Gasteiger partial charge is 0.331 e. The molecular weight excluding hydrogens is 310 g/mol. The summed E-state index contributed by atoms with van der Waals surface area (Å²) in [6.07, 6.45) is -4.12. The van der Waals surface area contributed by atoms with Gasteiger partial charge >= 0.3 is 22.5 Å². The Labute approximate surface area is 110 Å². The minimum atomic E-state index is -4.96. The van der Waals surface area contributed by atoms with Gasteiger partial charge in [-0.25, -0.2) is 8.78 Å². The molecule has 0 aliphatic rings. The number of benzene rings is 1. The number of nitrogens with zero attached hydrogens (tertiary/aromatic N) is 1. The average Bonchev–Trinajstić information content (AvgIpc) is 2.36. The van der Waals surface area contributed by atoms with E-state index in [2.05, 4.69) is 4.18 Å². The molecule has 1 aromatic rings. The Balaban J connectivity index is 3.05. The maximum atomic E-state index is 12.6. The lowest BCUT2D eigenvalue weighted by Crippen LogP contribution is -2.33. The predicted octanol–water partition coefficient (Wildman–Crippen LogP) is 2.20. The molecular formula is C9H7F4NO5S. The number of nitro benzene ring substituents is 1. The fourth-order valence-corrected chi connectivity index (χ4v) is 2.19. The molecule has 0 saturated carbocycles. The number of halogens is 4. The number of alkyl halides is 4. The van der Waals surface area contributed by atoms with Gasteiger partial charge < -0.3 is 0 Å². The van der Waals surface area contributed by atoms with E-state index in [-0.39, 0.29) is 0 Å². The van der Waals surface area contributed by atoms with Crippen LogP contribution in [0.4, 0.5) is 23.2 Å². The Bertz CT molecular complexity index is 604. The van der Waals surface area contributed by atoms with E-state index in [1.807, 2.05) is 0 Å². The van der Waals surface area contributed by atoms with Crippen LogP contribution in [0.3, 0.4) is 0 Å². The Morgan fingerprint density at radius 1 is 1.30 bits per heavy atom. The van der Waals surface area contributed by atoms with E-state index in [4.69, 9.17) is 0 Å². The number of rotatable bonds is 6. The Morgan fingerprint density at radius 2 is 1.85 bits per heavy atom. The van der Waals surface area contributed by atoms with E-state index < -0.39 is 44.6 Å². The molecule has 112 valence electrons. The second-order valence-corrected chi connectivity index (χ2v) is 5.09. The molecule has 1 aromatic carbocycles. The SMILES string of the molecule is O=[N+]([O-])c1ccccc1S(=O)(=O)OCC(F)(F)C(F)F. The standard InChI is InChI=1S/C9H7F4NO5S/c10-8(11)9(12,13)5-19-20(17,18)7-4-2-1-3-6(7)14(15)16/h1-4,8H,5H2. The normalized spacial score (nSPS) is 12.7. The first kappa shape index (κ1) is 16.3. The monoisotopic (exact) mass is 317 g/mol. The van der Waals surface area contributed by atoms with Gasteiger partial charge in [0.25, 0.3) is 5.69 Å². The highest BCUT2D eigenvalue weighted by molar-refractivity contribution is 7.87. The van der Waals surface area contributed by atoms with Crippen LogP contribution in [0.15, 0.2) is 29.2 Å². The molecule has 20 heavy (non-hydrogen) atoms. The van der Waals surface area contributed by atoms with Crippen LogP contribution in [0.5, 0.6) is 0 Å². The fourth-order valence-electron chi connectivity index (χ4n) is 1.10. The minimum absolute atomic E-state index is 0.744. The number of nitro groups is 1. The van der Waals surface area contributed by atoms with E-state index >= 15 is 0 Å². The van der Waals surface area contributed by atoms with Crippen LogP contribution < -0.4 is 0 Å². The van der Waals surface area contributed by atoms with Crippen molar-refractivity contribution in [3.05, 3.63) is 34.4 Å². The van der Waals surface area contributed by atoms with Crippen LogP contribution in [0, 0.1) is 10.1 Å². The average molecular weight is 317 g/mol. The lowest BCUT2D eigenvalue weighted by molar-refractivity contribution is -0.387. The lowest BCUT2D eigenvalue weighted by atomic mass is 10.3. The minimum Gasteiger partial charge on any atom is -0.260 e. The molecule has 0 saturated heterocycles. The molecule has 11 heteroatoms. The van der Waals surface area contributed by atoms with Crippen molar-refractivity contribution in [2.75, 3.05) is 6.61 Å². The van der Waals surface area contributed by atoms with Crippen LogP contribution >= 0.6 is 0 Å². The van der Waals surface area contributed by atoms with Gasteiger partial charge in [-0.3, -0.25) is 14.3 Å². The molecule has 0 atom stereocenters. The number of hydrogen-bond donors (Lipinski definition) is 0. The zero-order valence-electron chi connectivity index (χ0n) is 9.50. The van der Waals surface area contributed by atoms with Crippen molar-refractivity contribution in [2.45, 2.75) is 17.2 Å². The molecule has 0 N–H and O–H groups in total. The molecule has 0 heterocycles. The number of hydrogen-bond acceptors (Lipinski definition) is 5. The molecule has 0 aliphatic carbocycles. The number of para-hydroxylation sites is 1. The quantitative estimate of drug-likeness (QED) is 0.347. The van der Waals surface area contributed by atoms with Crippen LogP contribution in [0.1, 0.15) is 0 Å². The molecule has 0 radical (unpaired) electrons. The summed E-state index contributed by atoms with van der Waals surface area (Å²) >= 11 is 0. The Morgan fingerprint density at radius 3 is 2.35 bits per heavy atom. The van der Waals surface area contributed by atoms with Crippen LogP contribution in [-0.4, -0.2) is 32.3 Å². The third-order valence-electron chi connectivity index (χ3n) is 2.06. The van der Waals surface area contributed by atoms with Gasteiger partial charge in [0, 0.05) is 6.07 Å². The summed E-state index contributed by atoms with van der Waals surface area (Å²) in [5.74, 6) is -4.68. The van der Waals surface area contributed by atoms with Crippen molar-refractivity contribution in [3.8, 4) is 0 Å². The van der Waals surface area contributed by atoms with Gasteiger partial charge in [0.15, 0.2) is 4.90 Å². The molecule has 0 aromatic heterocycles. The van der Waals surface area contributed by atoms with E-state index in [1.54, 1.807) is 0 Å². The summed E-state index contributed by atoms with van der Waals surface area (Å²) < 4.78 is 75.7. The highest BCUT2D eigenvalue weighted by Gasteiger charge is 2.43. The van der Waals surface area contributed by atoms with Gasteiger partial charge in [0.2, 0.25) is 0 Å². The second kappa shape index (κ2) is 5.71. The highest BCUT2D eigenvalue weighted by atomic mass is 32.2. The second-order valence-electron chi connectivity index (χ2n) is 3.50. The van der Waals surface area contributed by atoms with Gasteiger partial charge in [-0.15, -0.1) is 0 Å². The summed E-state index contributed by atoms with van der Waals surface area (Å²) in [5.41, 5.74) is -0.909. The zero-order valence-corrected chi connectivity index (χ0v) is 10.3. The smallest absolute Gasteiger partial charge is 0.260 e. The van der Waals surface area contributed by atoms with E-state index in [0.717, 1.165) is 24.3 Å². The van der Waals surface area contributed by atoms with Gasteiger partial charge in [0.05, 0.1) is 4.92 Å². The summed E-state index contributed by atoms with van der Waals surface area (Å²) in [5, 5.41) is 10.6. The van der Waals surface area contributed by atoms with Gasteiger partial charge in [-0.1, -0.05) is 12.1 Å². The van der Waals surface area contributed by atoms with Crippen LogP contribution in [-0.2, 0) is 14.3 Å². The maximum Gasteiger partial charge on any atom is 0.331 e. The van der Waals surface area contributed by atoms with Crippen LogP contribution in [0.2, 0.25) is 0 Å². The van der Waals surface area contributed by atoms with Crippen LogP contribution in [0.25, 0.3) is 0 Å². The van der Waals surface area contributed by atoms with Crippen molar-refractivity contribution in [3.63, 3.8) is 0 Å². The predicted molar refractivity (Wildman–Crippen MR) is 57.2 cm³/mol. The van der Waals surface area contributed by atoms with Gasteiger partial charge in [0.1, 0.15) is 6.61 Å². The summed E-state index contributed by atoms with van der Waals surface area (Å²) in [6, 6.07) is 3.79. The first-order chi connectivity index (χ1) is 9.08. The van der Waals surface area contributed by atoms with E-state index in [9.17, 15) is 36.1 Å². The molecule has 0 bridgehead atoms. The molecule has 0 spiro atoms. The zero-order chi connectivity index (χ0) is 15.6. The topological polar surface area (TPSA) is 86.5 Å². The molecule has 0 fully saturated rings. The summed E-state index contributed by atoms with van der Waals surface area (Å²) in [7, 11) is -4.96. The summed E-state index contributed by atoms with van der Waals surface area (Å²) in [6.45, 7) is -2.11. The first-order valence-electron chi connectivity index (χ1n) is 4.87. The van der Waals surface area contributed by atoms with Crippen molar-refractivity contribution < 1.29 is 35.1 Å². The van der Waals surface area contributed by atoms with E-state index in [1.165, 1.54) is 0 Å². The third kappa shape index (κ3) is 3.63. The molecule has 1 rings (SSSR count). The highest BCUT2D eigenvalue weighted by Crippen LogP contribution is 2.28. The maximum absolute atomic E-state index is 12.6. The molecule has 0 unspecified atom stereocenters. The molecule has 0 amide bonds. The third-order valence-corrected chi connectivity index (χ3v) is 3.37. The first-order valence-corrected chi connectivity index (χ1v) is 6.27. The van der Waals surface area contributed by atoms with Crippen molar-refractivity contribution in [1.29, 1.82) is 0 Å². The Hall–Kier alpha value is -1.75. The summed E-state index contributed by atoms with van der Waals surface area (Å²) in [4.78, 5) is 8.54. The molecule has 0 aliphatic heterocycles. The molecule has 6 nitrogen and oxygen atoms in total. The van der Waals surface area contributed by atoms with E-state index in [0.29, 0.717) is 0 Å². The van der Waals surface area contributed by atoms with Crippen molar-refractivity contribution in [1.82, 2.24) is 0 Å². The van der Waals surface area contributed by atoms with Gasteiger partial charge in [-0.2, -0.15) is 17.2 Å².